The van der Waals surface area contributed by atoms with Crippen molar-refractivity contribution in [1.82, 2.24) is 19.5 Å². The number of hydrogen-bond acceptors (Lipinski definition) is 6. The summed E-state index contributed by atoms with van der Waals surface area (Å²) in [6.07, 6.45) is 9.95. The van der Waals surface area contributed by atoms with Crippen LogP contribution in [0, 0.1) is 11.7 Å². The molecule has 8 nitrogen and oxygen atoms in total. The van der Waals surface area contributed by atoms with Gasteiger partial charge in [0, 0.05) is 43.0 Å². The van der Waals surface area contributed by atoms with Crippen molar-refractivity contribution in [2.45, 2.75) is 57.6 Å². The first-order valence-electron chi connectivity index (χ1n) is 14.0. The first-order chi connectivity index (χ1) is 19.5. The number of nitrogens with two attached hydrogens (primary N) is 1. The highest BCUT2D eigenvalue weighted by Crippen LogP contribution is 2.42. The normalized spacial score (nSPS) is 16.9. The average Bonchev–Trinajstić information content (AvgIpc) is 3.87. The summed E-state index contributed by atoms with van der Waals surface area (Å²) in [4.78, 5) is 28.5. The number of benzene rings is 2. The lowest BCUT2D eigenvalue weighted by Gasteiger charge is -2.31. The number of nitrogen functional groups attached to an aromatic ring is 1. The van der Waals surface area contributed by atoms with E-state index in [0.29, 0.717) is 53.8 Å². The molecule has 2 fully saturated rings. The second kappa shape index (κ2) is 9.82. The second-order valence-electron chi connectivity index (χ2n) is 11.2. The number of aliphatic hydroxyl groups is 1. The summed E-state index contributed by atoms with van der Waals surface area (Å²) < 4.78 is 17.4. The van der Waals surface area contributed by atoms with E-state index in [4.69, 9.17) is 10.7 Å². The zero-order valence-electron chi connectivity index (χ0n) is 22.2. The van der Waals surface area contributed by atoms with Crippen molar-refractivity contribution < 1.29 is 14.3 Å². The second-order valence-corrected chi connectivity index (χ2v) is 11.2. The molecule has 0 atom stereocenters. The Labute approximate surface area is 231 Å². The van der Waals surface area contributed by atoms with Crippen LogP contribution in [0.15, 0.2) is 48.8 Å². The molecule has 1 amide bonds. The van der Waals surface area contributed by atoms with Gasteiger partial charge in [0.15, 0.2) is 5.82 Å². The Morgan fingerprint density at radius 1 is 1.07 bits per heavy atom. The molecule has 2 aromatic heterocycles. The molecule has 0 radical (unpaired) electrons. The minimum absolute atomic E-state index is 0.0863. The van der Waals surface area contributed by atoms with Crippen LogP contribution in [0.2, 0.25) is 0 Å². The summed E-state index contributed by atoms with van der Waals surface area (Å²) in [6.45, 7) is 1.07. The van der Waals surface area contributed by atoms with E-state index in [2.05, 4.69) is 33.0 Å². The summed E-state index contributed by atoms with van der Waals surface area (Å²) in [5.74, 6) is 1.25. The van der Waals surface area contributed by atoms with Crippen LogP contribution in [0.3, 0.4) is 0 Å². The van der Waals surface area contributed by atoms with Crippen molar-refractivity contribution in [2.24, 2.45) is 5.92 Å². The van der Waals surface area contributed by atoms with E-state index in [1.807, 2.05) is 6.07 Å². The van der Waals surface area contributed by atoms with Gasteiger partial charge in [0.1, 0.15) is 11.6 Å². The molecular weight excluding hydrogens is 507 g/mol. The molecule has 204 valence electrons. The molecule has 2 saturated carbocycles. The third-order valence-corrected chi connectivity index (χ3v) is 8.19. The van der Waals surface area contributed by atoms with E-state index in [1.165, 1.54) is 18.9 Å². The predicted octanol–water partition coefficient (Wildman–Crippen LogP) is 4.63. The van der Waals surface area contributed by atoms with Gasteiger partial charge < -0.3 is 20.3 Å². The Morgan fingerprint density at radius 3 is 2.70 bits per heavy atom. The predicted molar refractivity (Wildman–Crippen MR) is 149 cm³/mol. The summed E-state index contributed by atoms with van der Waals surface area (Å²) in [5, 5.41) is 10.5. The van der Waals surface area contributed by atoms with Crippen molar-refractivity contribution in [3.63, 3.8) is 0 Å². The molecule has 2 aliphatic carbocycles. The van der Waals surface area contributed by atoms with Gasteiger partial charge in [-0.1, -0.05) is 18.2 Å². The van der Waals surface area contributed by atoms with Crippen molar-refractivity contribution in [2.75, 3.05) is 17.2 Å². The fraction of sp³-hybridized carbons (Fsp3) is 0.355. The fourth-order valence-corrected chi connectivity index (χ4v) is 5.81. The molecule has 40 heavy (non-hydrogen) atoms. The van der Waals surface area contributed by atoms with E-state index < -0.39 is 11.7 Å². The Morgan fingerprint density at radius 2 is 1.93 bits per heavy atom. The number of halogens is 1. The Hall–Kier alpha value is -4.11. The van der Waals surface area contributed by atoms with E-state index in [9.17, 15) is 9.90 Å². The Balaban J connectivity index is 1.20. The van der Waals surface area contributed by atoms with Gasteiger partial charge in [-0.25, -0.2) is 9.37 Å². The van der Waals surface area contributed by atoms with Crippen LogP contribution in [0.5, 0.6) is 0 Å². The van der Waals surface area contributed by atoms with Crippen molar-refractivity contribution in [3.8, 4) is 11.4 Å². The van der Waals surface area contributed by atoms with E-state index in [1.54, 1.807) is 23.1 Å². The van der Waals surface area contributed by atoms with Crippen LogP contribution in [-0.4, -0.2) is 37.1 Å². The summed E-state index contributed by atoms with van der Waals surface area (Å²) >= 11 is 0. The van der Waals surface area contributed by atoms with E-state index in [-0.39, 0.29) is 18.1 Å². The number of nitrogens with zero attached hydrogens (tertiary/aromatic N) is 5. The number of carbonyl (C=O) groups excluding carboxylic acids is 1. The maximum Gasteiger partial charge on any atom is 0.261 e. The number of hydrogen-bond donors (Lipinski definition) is 2. The molecule has 3 aliphatic rings. The van der Waals surface area contributed by atoms with Crippen molar-refractivity contribution in [1.29, 1.82) is 0 Å². The van der Waals surface area contributed by atoms with Crippen LogP contribution >= 0.6 is 0 Å². The number of carbonyl (C=O) groups is 1. The molecule has 4 aromatic rings. The zero-order valence-corrected chi connectivity index (χ0v) is 22.2. The third kappa shape index (κ3) is 4.75. The lowest BCUT2D eigenvalue weighted by molar-refractivity contribution is 0.0976. The number of aromatic nitrogens is 4. The van der Waals surface area contributed by atoms with E-state index >= 15 is 4.39 Å². The molecule has 0 unspecified atom stereocenters. The third-order valence-electron chi connectivity index (χ3n) is 8.19. The molecule has 0 bridgehead atoms. The Bertz CT molecular complexity index is 1620. The monoisotopic (exact) mass is 538 g/mol. The zero-order chi connectivity index (χ0) is 27.4. The van der Waals surface area contributed by atoms with Crippen molar-refractivity contribution >= 4 is 17.5 Å². The summed E-state index contributed by atoms with van der Waals surface area (Å²) in [5.41, 5.74) is 10.6. The molecule has 0 saturated heterocycles. The summed E-state index contributed by atoms with van der Waals surface area (Å²) in [7, 11) is 0. The number of rotatable bonds is 8. The molecule has 3 N–H and O–H groups in total. The maximum atomic E-state index is 15.2. The number of anilines is 2. The molecule has 2 aromatic carbocycles. The molecule has 1 aliphatic heterocycles. The molecule has 3 heterocycles. The first-order valence-corrected chi connectivity index (χ1v) is 14.0. The topological polar surface area (TPSA) is 110 Å². The average molecular weight is 539 g/mol. The highest BCUT2D eigenvalue weighted by molar-refractivity contribution is 6.09. The highest BCUT2D eigenvalue weighted by Gasteiger charge is 2.33. The van der Waals surface area contributed by atoms with Gasteiger partial charge in [0.05, 0.1) is 17.9 Å². The minimum atomic E-state index is -0.475. The lowest BCUT2D eigenvalue weighted by Crippen LogP contribution is -2.39. The van der Waals surface area contributed by atoms with Crippen LogP contribution < -0.4 is 10.6 Å². The number of aliphatic hydroxyl groups excluding tert-OH is 1. The van der Waals surface area contributed by atoms with Crippen LogP contribution in [-0.2, 0) is 26.0 Å². The molecular formula is C31H31FN6O2. The molecule has 9 heteroatoms. The number of fused-ring (bicyclic) bond motifs is 1. The van der Waals surface area contributed by atoms with Gasteiger partial charge in [0.25, 0.3) is 5.91 Å². The van der Waals surface area contributed by atoms with Crippen molar-refractivity contribution in [3.05, 3.63) is 88.3 Å². The van der Waals surface area contributed by atoms with Crippen LogP contribution in [0.4, 0.5) is 16.0 Å². The highest BCUT2D eigenvalue weighted by atomic mass is 19.1. The van der Waals surface area contributed by atoms with Gasteiger partial charge in [0.2, 0.25) is 5.95 Å². The van der Waals surface area contributed by atoms with Gasteiger partial charge >= 0.3 is 0 Å². The fourth-order valence-electron chi connectivity index (χ4n) is 5.81. The molecule has 7 rings (SSSR count). The van der Waals surface area contributed by atoms with Gasteiger partial charge in [-0.15, -0.1) is 0 Å². The van der Waals surface area contributed by atoms with Gasteiger partial charge in [-0.3, -0.25) is 4.79 Å². The largest absolute Gasteiger partial charge is 0.392 e. The quantitative estimate of drug-likeness (QED) is 0.338. The number of amides is 1. The SMILES string of the molecule is Nc1nc(Cc2ccn(CC3CC3)c2)nc(-c2cccc(N3CCc4cc(C5CC5)cc(F)c4C3=O)c2CO)n1. The van der Waals surface area contributed by atoms with Crippen LogP contribution in [0.25, 0.3) is 11.4 Å². The van der Waals surface area contributed by atoms with Crippen LogP contribution in [0.1, 0.15) is 70.0 Å². The minimum Gasteiger partial charge on any atom is -0.392 e. The molecule has 0 spiro atoms. The smallest absolute Gasteiger partial charge is 0.261 e. The van der Waals surface area contributed by atoms with Gasteiger partial charge in [-0.05, 0) is 78.8 Å². The first kappa shape index (κ1) is 24.9. The standard InChI is InChI=1S/C31H31FN6O2/c32-25-14-22(20-6-7-20)13-21-9-11-38(30(40)28(21)25)26-3-1-2-23(24(26)17-39)29-34-27(35-31(33)36-29)12-19-8-10-37(16-19)15-18-4-5-18/h1-3,8,10,13-14,16,18,20,39H,4-7,9,11-12,15,17H2,(H2,33,34,35,36). The Kier molecular flexibility index (Phi) is 6.11. The van der Waals surface area contributed by atoms with Gasteiger partial charge in [-0.2, -0.15) is 9.97 Å². The lowest BCUT2D eigenvalue weighted by atomic mass is 9.93. The maximum absolute atomic E-state index is 15.2. The van der Waals surface area contributed by atoms with E-state index in [0.717, 1.165) is 42.0 Å². The summed E-state index contributed by atoms with van der Waals surface area (Å²) in [6, 6.07) is 10.9.